The second-order valence-electron chi connectivity index (χ2n) is 3.65. The van der Waals surface area contributed by atoms with Gasteiger partial charge < -0.3 is 4.74 Å². The standard InChI is InChI=1S/C10H19ClO/c1-3-9(11)8-6-4-5-7-10(8)12-2/h8-10H,3-7H2,1-2H3. The second kappa shape index (κ2) is 5.08. The van der Waals surface area contributed by atoms with E-state index in [0.717, 1.165) is 6.42 Å². The number of ether oxygens (including phenoxy) is 1. The zero-order valence-electron chi connectivity index (χ0n) is 8.05. The zero-order valence-corrected chi connectivity index (χ0v) is 8.81. The average molecular weight is 191 g/mol. The summed E-state index contributed by atoms with van der Waals surface area (Å²) in [6, 6.07) is 0. The lowest BCUT2D eigenvalue weighted by Gasteiger charge is -2.33. The molecule has 12 heavy (non-hydrogen) atoms. The van der Waals surface area contributed by atoms with Crippen molar-refractivity contribution >= 4 is 11.6 Å². The lowest BCUT2D eigenvalue weighted by molar-refractivity contribution is 0.0218. The van der Waals surface area contributed by atoms with Crippen LogP contribution in [0.3, 0.4) is 0 Å². The SMILES string of the molecule is CCC(Cl)C1CCCCC1OC. The van der Waals surface area contributed by atoms with Gasteiger partial charge in [-0.15, -0.1) is 11.6 Å². The molecule has 72 valence electrons. The van der Waals surface area contributed by atoms with Crippen LogP contribution in [0, 0.1) is 5.92 Å². The Hall–Kier alpha value is 0.250. The van der Waals surface area contributed by atoms with Gasteiger partial charge in [0.1, 0.15) is 0 Å². The third-order valence-corrected chi connectivity index (χ3v) is 3.54. The lowest BCUT2D eigenvalue weighted by atomic mass is 9.83. The molecule has 1 rings (SSSR count). The summed E-state index contributed by atoms with van der Waals surface area (Å²) in [5, 5.41) is 0.315. The van der Waals surface area contributed by atoms with Gasteiger partial charge in [-0.3, -0.25) is 0 Å². The molecule has 0 aromatic rings. The monoisotopic (exact) mass is 190 g/mol. The summed E-state index contributed by atoms with van der Waals surface area (Å²) >= 11 is 6.24. The van der Waals surface area contributed by atoms with Crippen LogP contribution in [-0.4, -0.2) is 18.6 Å². The molecule has 0 amide bonds. The van der Waals surface area contributed by atoms with Gasteiger partial charge in [-0.1, -0.05) is 19.8 Å². The predicted octanol–water partition coefficient (Wildman–Crippen LogP) is 3.21. The summed E-state index contributed by atoms with van der Waals surface area (Å²) < 4.78 is 5.44. The van der Waals surface area contributed by atoms with Crippen LogP contribution in [0.25, 0.3) is 0 Å². The van der Waals surface area contributed by atoms with Gasteiger partial charge in [0.05, 0.1) is 6.10 Å². The Bertz CT molecular complexity index is 127. The molecule has 3 atom stereocenters. The van der Waals surface area contributed by atoms with E-state index >= 15 is 0 Å². The highest BCUT2D eigenvalue weighted by Crippen LogP contribution is 2.32. The second-order valence-corrected chi connectivity index (χ2v) is 4.21. The first-order valence-corrected chi connectivity index (χ1v) is 5.40. The molecule has 0 radical (unpaired) electrons. The Labute approximate surface area is 80.4 Å². The van der Waals surface area contributed by atoms with Crippen LogP contribution in [0.15, 0.2) is 0 Å². The molecule has 0 N–H and O–H groups in total. The molecule has 0 heterocycles. The lowest BCUT2D eigenvalue weighted by Crippen LogP contribution is -2.32. The number of methoxy groups -OCH3 is 1. The number of hydrogen-bond donors (Lipinski definition) is 0. The van der Waals surface area contributed by atoms with Crippen molar-refractivity contribution < 1.29 is 4.74 Å². The smallest absolute Gasteiger partial charge is 0.0613 e. The van der Waals surface area contributed by atoms with E-state index in [1.54, 1.807) is 0 Å². The fraction of sp³-hybridized carbons (Fsp3) is 1.00. The van der Waals surface area contributed by atoms with Gasteiger partial charge in [-0.05, 0) is 19.3 Å². The minimum Gasteiger partial charge on any atom is -0.381 e. The fourth-order valence-corrected chi connectivity index (χ4v) is 2.42. The summed E-state index contributed by atoms with van der Waals surface area (Å²) in [4.78, 5) is 0. The number of alkyl halides is 1. The van der Waals surface area contributed by atoms with Crippen LogP contribution in [0.4, 0.5) is 0 Å². The molecule has 1 nitrogen and oxygen atoms in total. The minimum absolute atomic E-state index is 0.315. The molecule has 0 aliphatic heterocycles. The van der Waals surface area contributed by atoms with Gasteiger partial charge >= 0.3 is 0 Å². The third-order valence-electron chi connectivity index (χ3n) is 2.91. The van der Waals surface area contributed by atoms with Gasteiger partial charge in [-0.2, -0.15) is 0 Å². The van der Waals surface area contributed by atoms with Crippen LogP contribution in [-0.2, 0) is 4.74 Å². The van der Waals surface area contributed by atoms with Crippen LogP contribution in [0.2, 0.25) is 0 Å². The quantitative estimate of drug-likeness (QED) is 0.621. The molecular formula is C10H19ClO. The molecule has 0 aromatic heterocycles. The molecule has 0 spiro atoms. The van der Waals surface area contributed by atoms with E-state index in [-0.39, 0.29) is 0 Å². The Balaban J connectivity index is 2.46. The highest BCUT2D eigenvalue weighted by Gasteiger charge is 2.29. The topological polar surface area (TPSA) is 9.23 Å². The van der Waals surface area contributed by atoms with Gasteiger partial charge in [-0.25, -0.2) is 0 Å². The van der Waals surface area contributed by atoms with Crippen LogP contribution in [0.5, 0.6) is 0 Å². The molecule has 3 unspecified atom stereocenters. The maximum Gasteiger partial charge on any atom is 0.0613 e. The minimum atomic E-state index is 0.315. The van der Waals surface area contributed by atoms with E-state index in [1.807, 2.05) is 7.11 Å². The Morgan fingerprint density at radius 1 is 1.42 bits per heavy atom. The van der Waals surface area contributed by atoms with Crippen molar-refractivity contribution in [1.29, 1.82) is 0 Å². The summed E-state index contributed by atoms with van der Waals surface area (Å²) in [7, 11) is 1.81. The summed E-state index contributed by atoms with van der Waals surface area (Å²) in [5.74, 6) is 0.593. The first kappa shape index (κ1) is 10.3. The van der Waals surface area contributed by atoms with Crippen molar-refractivity contribution in [3.8, 4) is 0 Å². The van der Waals surface area contributed by atoms with Crippen LogP contribution >= 0.6 is 11.6 Å². The molecule has 1 aliphatic rings. The molecule has 2 heteroatoms. The van der Waals surface area contributed by atoms with E-state index in [1.165, 1.54) is 25.7 Å². The van der Waals surface area contributed by atoms with Gasteiger partial charge in [0.2, 0.25) is 0 Å². The molecule has 0 saturated heterocycles. The first-order chi connectivity index (χ1) is 5.79. The Kier molecular flexibility index (Phi) is 4.38. The first-order valence-electron chi connectivity index (χ1n) is 4.96. The Morgan fingerprint density at radius 3 is 2.67 bits per heavy atom. The summed E-state index contributed by atoms with van der Waals surface area (Å²) in [6.07, 6.45) is 6.56. The van der Waals surface area contributed by atoms with E-state index < -0.39 is 0 Å². The van der Waals surface area contributed by atoms with E-state index in [0.29, 0.717) is 17.4 Å². The summed E-state index contributed by atoms with van der Waals surface area (Å²) in [6.45, 7) is 2.15. The van der Waals surface area contributed by atoms with Crippen LogP contribution < -0.4 is 0 Å². The molecule has 0 aromatic carbocycles. The number of rotatable bonds is 3. The molecular weight excluding hydrogens is 172 g/mol. The molecule has 1 saturated carbocycles. The molecule has 1 fully saturated rings. The third kappa shape index (κ3) is 2.37. The maximum atomic E-state index is 6.24. The van der Waals surface area contributed by atoms with Crippen molar-refractivity contribution in [1.82, 2.24) is 0 Å². The van der Waals surface area contributed by atoms with E-state index in [9.17, 15) is 0 Å². The molecule has 0 bridgehead atoms. The Morgan fingerprint density at radius 2 is 2.08 bits per heavy atom. The maximum absolute atomic E-state index is 6.24. The van der Waals surface area contributed by atoms with Gasteiger partial charge in [0.15, 0.2) is 0 Å². The average Bonchev–Trinajstić information content (AvgIpc) is 2.16. The van der Waals surface area contributed by atoms with Gasteiger partial charge in [0.25, 0.3) is 0 Å². The van der Waals surface area contributed by atoms with Crippen molar-refractivity contribution in [3.63, 3.8) is 0 Å². The van der Waals surface area contributed by atoms with Crippen molar-refractivity contribution in [2.24, 2.45) is 5.92 Å². The van der Waals surface area contributed by atoms with E-state index in [2.05, 4.69) is 6.92 Å². The van der Waals surface area contributed by atoms with Crippen molar-refractivity contribution in [2.75, 3.05) is 7.11 Å². The normalized spacial score (nSPS) is 33.2. The van der Waals surface area contributed by atoms with Crippen molar-refractivity contribution in [2.45, 2.75) is 50.5 Å². The zero-order chi connectivity index (χ0) is 8.97. The predicted molar refractivity (Wildman–Crippen MR) is 52.7 cm³/mol. The van der Waals surface area contributed by atoms with Crippen molar-refractivity contribution in [3.05, 3.63) is 0 Å². The molecule has 1 aliphatic carbocycles. The number of hydrogen-bond acceptors (Lipinski definition) is 1. The van der Waals surface area contributed by atoms with Crippen LogP contribution in [0.1, 0.15) is 39.0 Å². The summed E-state index contributed by atoms with van der Waals surface area (Å²) in [5.41, 5.74) is 0. The van der Waals surface area contributed by atoms with Gasteiger partial charge in [0, 0.05) is 18.4 Å². The number of halogens is 1. The van der Waals surface area contributed by atoms with E-state index in [4.69, 9.17) is 16.3 Å². The highest BCUT2D eigenvalue weighted by atomic mass is 35.5. The fourth-order valence-electron chi connectivity index (χ4n) is 2.13. The highest BCUT2D eigenvalue weighted by molar-refractivity contribution is 6.20. The largest absolute Gasteiger partial charge is 0.381 e.